The fourth-order valence-electron chi connectivity index (χ4n) is 1.26. The van der Waals surface area contributed by atoms with Crippen LogP contribution in [-0.4, -0.2) is 36.1 Å². The Morgan fingerprint density at radius 1 is 1.40 bits per heavy atom. The number of carboxylic acids is 1. The van der Waals surface area contributed by atoms with E-state index in [1.807, 2.05) is 0 Å². The zero-order chi connectivity index (χ0) is 11.4. The molecule has 1 amide bonds. The van der Waals surface area contributed by atoms with Crippen molar-refractivity contribution in [3.63, 3.8) is 0 Å². The minimum atomic E-state index is -0.966. The Morgan fingerprint density at radius 3 is 2.53 bits per heavy atom. The number of hydrogen-bond acceptors (Lipinski definition) is 4. The Balaban J connectivity index is 2.21. The van der Waals surface area contributed by atoms with Gasteiger partial charge in [-0.1, -0.05) is 0 Å². The van der Waals surface area contributed by atoms with E-state index in [9.17, 15) is 14.4 Å². The van der Waals surface area contributed by atoms with Crippen LogP contribution in [0.25, 0.3) is 0 Å². The van der Waals surface area contributed by atoms with Gasteiger partial charge in [-0.25, -0.2) is 0 Å². The molecular formula is C9H13NO5. The summed E-state index contributed by atoms with van der Waals surface area (Å²) in [4.78, 5) is 32.5. The predicted octanol–water partition coefficient (Wildman–Crippen LogP) is -0.614. The maximum Gasteiger partial charge on any atom is 0.325 e. The van der Waals surface area contributed by atoms with E-state index in [1.165, 1.54) is 0 Å². The molecule has 1 aliphatic carbocycles. The Kier molecular flexibility index (Phi) is 3.65. The number of nitrogens with one attached hydrogen (secondary N) is 1. The number of ether oxygens (including phenoxy) is 1. The Bertz CT molecular complexity index is 288. The molecule has 0 aliphatic heterocycles. The number of carbonyl (C=O) groups excluding carboxylic acids is 2. The number of rotatable bonds is 5. The SMILES string of the molecule is CCOC(=O)CNC(=O)C1CC1C(=O)O. The molecule has 0 aromatic carbocycles. The second-order valence-corrected chi connectivity index (χ2v) is 3.31. The second-order valence-electron chi connectivity index (χ2n) is 3.31. The fraction of sp³-hybridized carbons (Fsp3) is 0.667. The van der Waals surface area contributed by atoms with Gasteiger partial charge in [-0.3, -0.25) is 14.4 Å². The average Bonchev–Trinajstić information content (AvgIpc) is 2.94. The minimum absolute atomic E-state index is 0.199. The van der Waals surface area contributed by atoms with Crippen LogP contribution in [0.15, 0.2) is 0 Å². The maximum absolute atomic E-state index is 11.2. The van der Waals surface area contributed by atoms with Crippen LogP contribution < -0.4 is 5.32 Å². The molecule has 1 aliphatic rings. The fourth-order valence-corrected chi connectivity index (χ4v) is 1.26. The summed E-state index contributed by atoms with van der Waals surface area (Å²) in [6, 6.07) is 0. The van der Waals surface area contributed by atoms with E-state index in [4.69, 9.17) is 5.11 Å². The Hall–Kier alpha value is -1.59. The molecule has 2 N–H and O–H groups in total. The predicted molar refractivity (Wildman–Crippen MR) is 48.9 cm³/mol. The molecule has 2 atom stereocenters. The minimum Gasteiger partial charge on any atom is -0.481 e. The molecular weight excluding hydrogens is 202 g/mol. The molecule has 6 heteroatoms. The molecule has 2 unspecified atom stereocenters. The molecule has 1 saturated carbocycles. The van der Waals surface area contributed by atoms with Gasteiger partial charge in [0.15, 0.2) is 0 Å². The van der Waals surface area contributed by atoms with E-state index >= 15 is 0 Å². The molecule has 0 aromatic rings. The molecule has 0 spiro atoms. The lowest BCUT2D eigenvalue weighted by Gasteiger charge is -2.03. The number of carboxylic acid groups (broad SMARTS) is 1. The van der Waals surface area contributed by atoms with Gasteiger partial charge < -0.3 is 15.2 Å². The molecule has 0 saturated heterocycles. The number of esters is 1. The van der Waals surface area contributed by atoms with Crippen LogP contribution in [0.4, 0.5) is 0 Å². The maximum atomic E-state index is 11.2. The van der Waals surface area contributed by atoms with Crippen LogP contribution in [0.5, 0.6) is 0 Å². The molecule has 0 bridgehead atoms. The van der Waals surface area contributed by atoms with Gasteiger partial charge in [0.05, 0.1) is 18.4 Å². The van der Waals surface area contributed by atoms with Crippen molar-refractivity contribution in [2.24, 2.45) is 11.8 Å². The number of hydrogen-bond donors (Lipinski definition) is 2. The molecule has 84 valence electrons. The van der Waals surface area contributed by atoms with Crippen LogP contribution in [-0.2, 0) is 19.1 Å². The summed E-state index contributed by atoms with van der Waals surface area (Å²) < 4.78 is 4.60. The van der Waals surface area contributed by atoms with Crippen molar-refractivity contribution in [1.82, 2.24) is 5.32 Å². The number of carbonyl (C=O) groups is 3. The van der Waals surface area contributed by atoms with Crippen molar-refractivity contribution >= 4 is 17.8 Å². The molecule has 1 rings (SSSR count). The molecule has 0 heterocycles. The van der Waals surface area contributed by atoms with Gasteiger partial charge in [-0.15, -0.1) is 0 Å². The van der Waals surface area contributed by atoms with Crippen LogP contribution in [0.2, 0.25) is 0 Å². The normalized spacial score (nSPS) is 23.0. The summed E-state index contributed by atoms with van der Waals surface area (Å²) >= 11 is 0. The van der Waals surface area contributed by atoms with Crippen molar-refractivity contribution in [3.8, 4) is 0 Å². The summed E-state index contributed by atoms with van der Waals surface area (Å²) in [6.45, 7) is 1.73. The van der Waals surface area contributed by atoms with E-state index in [2.05, 4.69) is 10.1 Å². The molecule has 0 radical (unpaired) electrons. The number of aliphatic carboxylic acids is 1. The van der Waals surface area contributed by atoms with Gasteiger partial charge in [0, 0.05) is 0 Å². The summed E-state index contributed by atoms with van der Waals surface area (Å²) in [5, 5.41) is 10.9. The first kappa shape index (κ1) is 11.5. The van der Waals surface area contributed by atoms with Crippen molar-refractivity contribution in [3.05, 3.63) is 0 Å². The van der Waals surface area contributed by atoms with Gasteiger partial charge in [0.25, 0.3) is 0 Å². The van der Waals surface area contributed by atoms with Gasteiger partial charge in [-0.2, -0.15) is 0 Å². The zero-order valence-electron chi connectivity index (χ0n) is 8.36. The highest BCUT2D eigenvalue weighted by molar-refractivity contribution is 5.91. The van der Waals surface area contributed by atoms with E-state index in [-0.39, 0.29) is 13.2 Å². The van der Waals surface area contributed by atoms with Crippen LogP contribution in [0, 0.1) is 11.8 Å². The molecule has 15 heavy (non-hydrogen) atoms. The summed E-state index contributed by atoms with van der Waals surface area (Å²) in [7, 11) is 0. The zero-order valence-corrected chi connectivity index (χ0v) is 8.36. The van der Waals surface area contributed by atoms with Crippen LogP contribution in [0.1, 0.15) is 13.3 Å². The largest absolute Gasteiger partial charge is 0.481 e. The summed E-state index contributed by atoms with van der Waals surface area (Å²) in [6.07, 6.45) is 0.351. The lowest BCUT2D eigenvalue weighted by atomic mass is 10.3. The van der Waals surface area contributed by atoms with Crippen molar-refractivity contribution in [2.75, 3.05) is 13.2 Å². The topological polar surface area (TPSA) is 92.7 Å². The summed E-state index contributed by atoms with van der Waals surface area (Å²) in [5.74, 6) is -2.95. The highest BCUT2D eigenvalue weighted by atomic mass is 16.5. The highest BCUT2D eigenvalue weighted by Gasteiger charge is 2.48. The first-order valence-corrected chi connectivity index (χ1v) is 4.72. The number of amides is 1. The van der Waals surface area contributed by atoms with E-state index in [1.54, 1.807) is 6.92 Å². The Labute approximate surface area is 86.6 Å². The first-order chi connectivity index (χ1) is 7.06. The van der Waals surface area contributed by atoms with Crippen LogP contribution >= 0.6 is 0 Å². The van der Waals surface area contributed by atoms with E-state index in [0.717, 1.165) is 0 Å². The van der Waals surface area contributed by atoms with E-state index in [0.29, 0.717) is 6.42 Å². The van der Waals surface area contributed by atoms with Crippen LogP contribution in [0.3, 0.4) is 0 Å². The standard InChI is InChI=1S/C9H13NO5/c1-2-15-7(11)4-10-8(12)5-3-6(5)9(13)14/h5-6H,2-4H2,1H3,(H,10,12)(H,13,14). The molecule has 0 aromatic heterocycles. The second kappa shape index (κ2) is 4.77. The third kappa shape index (κ3) is 3.23. The third-order valence-corrected chi connectivity index (χ3v) is 2.16. The van der Waals surface area contributed by atoms with Gasteiger partial charge in [0.2, 0.25) is 5.91 Å². The van der Waals surface area contributed by atoms with Gasteiger partial charge >= 0.3 is 11.9 Å². The summed E-state index contributed by atoms with van der Waals surface area (Å²) in [5.41, 5.74) is 0. The van der Waals surface area contributed by atoms with Gasteiger partial charge in [0.1, 0.15) is 6.54 Å². The average molecular weight is 215 g/mol. The monoisotopic (exact) mass is 215 g/mol. The lowest BCUT2D eigenvalue weighted by molar-refractivity contribution is -0.143. The Morgan fingerprint density at radius 2 is 2.07 bits per heavy atom. The third-order valence-electron chi connectivity index (χ3n) is 2.16. The smallest absolute Gasteiger partial charge is 0.325 e. The van der Waals surface area contributed by atoms with Crippen molar-refractivity contribution < 1.29 is 24.2 Å². The quantitative estimate of drug-likeness (QED) is 0.596. The van der Waals surface area contributed by atoms with Gasteiger partial charge in [-0.05, 0) is 13.3 Å². The first-order valence-electron chi connectivity index (χ1n) is 4.72. The van der Waals surface area contributed by atoms with Crippen molar-refractivity contribution in [1.29, 1.82) is 0 Å². The molecule has 6 nitrogen and oxygen atoms in total. The molecule has 1 fully saturated rings. The highest BCUT2D eigenvalue weighted by Crippen LogP contribution is 2.38. The van der Waals surface area contributed by atoms with E-state index < -0.39 is 29.7 Å². The lowest BCUT2D eigenvalue weighted by Crippen LogP contribution is -2.32. The van der Waals surface area contributed by atoms with Crippen molar-refractivity contribution in [2.45, 2.75) is 13.3 Å².